The minimum Gasteiger partial charge on any atom is -0.381 e. The second-order valence-electron chi connectivity index (χ2n) is 12.8. The first-order chi connectivity index (χ1) is 21.9. The van der Waals surface area contributed by atoms with Crippen molar-refractivity contribution in [3.8, 4) is 11.1 Å². The first kappa shape index (κ1) is 33.3. The number of fused-ring (bicyclic) bond motifs is 2. The van der Waals surface area contributed by atoms with Gasteiger partial charge in [0, 0.05) is 61.3 Å². The summed E-state index contributed by atoms with van der Waals surface area (Å²) in [6.45, 7) is 10.5. The molecule has 8 nitrogen and oxygen atoms in total. The number of alkyl halides is 2. The van der Waals surface area contributed by atoms with Gasteiger partial charge in [0.15, 0.2) is 0 Å². The highest BCUT2D eigenvalue weighted by molar-refractivity contribution is 6.08. The molecule has 2 aromatic carbocycles. The van der Waals surface area contributed by atoms with Crippen molar-refractivity contribution in [3.63, 3.8) is 0 Å². The van der Waals surface area contributed by atoms with Gasteiger partial charge in [0.05, 0.1) is 12.0 Å². The number of hydrogen-bond donors (Lipinski definition) is 2. The number of nitrogens with zero attached hydrogens (tertiary/aromatic N) is 2. The monoisotopic (exact) mass is 634 g/mol. The Kier molecular flexibility index (Phi) is 9.67. The Bertz CT molecular complexity index is 1650. The summed E-state index contributed by atoms with van der Waals surface area (Å²) in [5.41, 5.74) is 10.9. The van der Waals surface area contributed by atoms with Crippen LogP contribution in [0.25, 0.3) is 11.1 Å². The lowest BCUT2D eigenvalue weighted by Gasteiger charge is -2.36. The highest BCUT2D eigenvalue weighted by Gasteiger charge is 2.55. The van der Waals surface area contributed by atoms with Crippen LogP contribution in [0.1, 0.15) is 73.4 Å². The summed E-state index contributed by atoms with van der Waals surface area (Å²) in [4.78, 5) is 42.8. The average Bonchev–Trinajstić information content (AvgIpc) is 3.24. The van der Waals surface area contributed by atoms with E-state index in [-0.39, 0.29) is 50.1 Å². The Morgan fingerprint density at radius 1 is 0.978 bits per heavy atom. The molecule has 0 bridgehead atoms. The van der Waals surface area contributed by atoms with Crippen LogP contribution in [0.15, 0.2) is 47.3 Å². The number of halogens is 2. The molecule has 6 rings (SSSR count). The van der Waals surface area contributed by atoms with Crippen molar-refractivity contribution in [2.45, 2.75) is 90.1 Å². The molecule has 3 aliphatic rings. The summed E-state index contributed by atoms with van der Waals surface area (Å²) < 4.78 is 34.3. The molecule has 1 aliphatic carbocycles. The van der Waals surface area contributed by atoms with E-state index < -0.39 is 11.3 Å². The lowest BCUT2D eigenvalue weighted by molar-refractivity contribution is -0.128. The summed E-state index contributed by atoms with van der Waals surface area (Å²) in [6.07, 6.45) is 1.78. The molecular formula is C36H44F2N4O4. The smallest absolute Gasteiger partial charge is 0.253 e. The van der Waals surface area contributed by atoms with Gasteiger partial charge in [-0.2, -0.15) is 0 Å². The molecule has 2 fully saturated rings. The zero-order chi connectivity index (χ0) is 33.2. The zero-order valence-electron chi connectivity index (χ0n) is 27.1. The molecular weight excluding hydrogens is 590 g/mol. The van der Waals surface area contributed by atoms with E-state index >= 15 is 0 Å². The van der Waals surface area contributed by atoms with E-state index in [1.165, 1.54) is 11.3 Å². The number of hydrogen-bond acceptors (Lipinski definition) is 5. The predicted octanol–water partition coefficient (Wildman–Crippen LogP) is 6.07. The number of H-pyrrole nitrogens is 1. The van der Waals surface area contributed by atoms with E-state index in [1.807, 2.05) is 38.1 Å². The third kappa shape index (κ3) is 6.32. The van der Waals surface area contributed by atoms with Gasteiger partial charge in [-0.05, 0) is 99.4 Å². The van der Waals surface area contributed by atoms with Crippen LogP contribution in [-0.2, 0) is 26.3 Å². The fraction of sp³-hybridized carbons (Fsp3) is 0.472. The van der Waals surface area contributed by atoms with Crippen LogP contribution >= 0.6 is 0 Å². The Balaban J connectivity index is 0.00000134. The van der Waals surface area contributed by atoms with Crippen molar-refractivity contribution < 1.29 is 23.1 Å². The fourth-order valence-corrected chi connectivity index (χ4v) is 7.46. The number of aryl methyl sites for hydroxylation is 3. The molecule has 0 unspecified atom stereocenters. The lowest BCUT2D eigenvalue weighted by atomic mass is 9.69. The van der Waals surface area contributed by atoms with Crippen LogP contribution < -0.4 is 21.1 Å². The average molecular weight is 635 g/mol. The van der Waals surface area contributed by atoms with Crippen LogP contribution in [0.4, 0.5) is 20.2 Å². The number of anilines is 2. The van der Waals surface area contributed by atoms with E-state index in [4.69, 9.17) is 9.53 Å². The van der Waals surface area contributed by atoms with Crippen LogP contribution in [0.2, 0.25) is 0 Å². The molecule has 1 spiro atoms. The quantitative estimate of drug-likeness (QED) is 0.320. The van der Waals surface area contributed by atoms with Crippen molar-refractivity contribution in [2.24, 2.45) is 5.73 Å². The van der Waals surface area contributed by atoms with Gasteiger partial charge in [-0.15, -0.1) is 0 Å². The number of benzene rings is 2. The summed E-state index contributed by atoms with van der Waals surface area (Å²) in [6, 6.07) is 14.8. The second kappa shape index (κ2) is 13.4. The summed E-state index contributed by atoms with van der Waals surface area (Å²) in [7, 11) is 0. The Morgan fingerprint density at radius 3 is 2.24 bits per heavy atom. The number of ether oxygens (including phenoxy) is 1. The van der Waals surface area contributed by atoms with Gasteiger partial charge in [0.1, 0.15) is 0 Å². The summed E-state index contributed by atoms with van der Waals surface area (Å²) >= 11 is 0. The predicted molar refractivity (Wildman–Crippen MR) is 177 cm³/mol. The van der Waals surface area contributed by atoms with Gasteiger partial charge in [-0.3, -0.25) is 14.4 Å². The number of nitrogens with two attached hydrogens (primary N) is 1. The van der Waals surface area contributed by atoms with Gasteiger partial charge >= 0.3 is 0 Å². The van der Waals surface area contributed by atoms with E-state index in [0.29, 0.717) is 17.3 Å². The molecule has 1 saturated carbocycles. The molecule has 1 saturated heterocycles. The Morgan fingerprint density at radius 2 is 1.61 bits per heavy atom. The largest absolute Gasteiger partial charge is 0.381 e. The van der Waals surface area contributed by atoms with Crippen molar-refractivity contribution in [1.29, 1.82) is 0 Å². The van der Waals surface area contributed by atoms with Gasteiger partial charge in [0.2, 0.25) is 18.2 Å². The minimum absolute atomic E-state index is 0.0934. The van der Waals surface area contributed by atoms with Crippen LogP contribution in [0.5, 0.6) is 0 Å². The Labute approximate surface area is 268 Å². The number of carbonyl (C=O) groups excluding carboxylic acids is 2. The van der Waals surface area contributed by atoms with Gasteiger partial charge in [-0.25, -0.2) is 8.78 Å². The molecule has 0 radical (unpaired) electrons. The number of pyridine rings is 1. The molecule has 3 N–H and O–H groups in total. The molecule has 0 atom stereocenters. The Hall–Kier alpha value is -4.05. The van der Waals surface area contributed by atoms with Gasteiger partial charge < -0.3 is 25.3 Å². The summed E-state index contributed by atoms with van der Waals surface area (Å²) in [5, 5.41) is 0. The van der Waals surface area contributed by atoms with E-state index in [1.54, 1.807) is 4.90 Å². The maximum Gasteiger partial charge on any atom is 0.253 e. The number of carbonyl (C=O) groups is 2. The number of amides is 2. The fourth-order valence-electron chi connectivity index (χ4n) is 7.46. The molecule has 1 aromatic heterocycles. The van der Waals surface area contributed by atoms with Crippen molar-refractivity contribution in [2.75, 3.05) is 29.6 Å². The topological polar surface area (TPSA) is 109 Å². The molecule has 3 aromatic rings. The van der Waals surface area contributed by atoms with Crippen molar-refractivity contribution >= 4 is 23.7 Å². The SMILES string of the molecule is CCN(c1cc(-c2ccc3c(c2)N(Cc2c(C)cc(C)[nH]c2=O)C(=O)C32CCC(F)(F)CC2)ccc1C)C1CCOCC1.NC=O. The second-order valence-corrected chi connectivity index (χ2v) is 12.8. The van der Waals surface area contributed by atoms with Crippen LogP contribution in [-0.4, -0.2) is 49.0 Å². The first-order valence-corrected chi connectivity index (χ1v) is 16.1. The molecule has 2 aliphatic heterocycles. The number of aromatic nitrogens is 1. The molecule has 246 valence electrons. The van der Waals surface area contributed by atoms with Crippen molar-refractivity contribution in [1.82, 2.24) is 4.98 Å². The minimum atomic E-state index is -2.77. The highest BCUT2D eigenvalue weighted by Crippen LogP contribution is 2.54. The number of aromatic amines is 1. The third-order valence-corrected chi connectivity index (χ3v) is 9.93. The first-order valence-electron chi connectivity index (χ1n) is 16.1. The standard InChI is InChI=1S/C35H41F2N3O3.CH3NO/c1-5-39(27-10-16-43-17-11-27)30-19-25(7-6-22(30)2)26-8-9-29-31(20-26)40(21-28-23(3)18-24(4)38-32(28)41)33(42)34(29)12-14-35(36,37)15-13-34;2-1-3/h6-9,18-20,27H,5,10-17,21H2,1-4H3,(H,38,41);1H,(H2,2,3). The highest BCUT2D eigenvalue weighted by atomic mass is 19.3. The molecule has 3 heterocycles. The molecule has 2 amide bonds. The third-order valence-electron chi connectivity index (χ3n) is 9.93. The summed E-state index contributed by atoms with van der Waals surface area (Å²) in [5.74, 6) is -2.95. The van der Waals surface area contributed by atoms with Crippen LogP contribution in [0.3, 0.4) is 0 Å². The van der Waals surface area contributed by atoms with Gasteiger partial charge in [-0.1, -0.05) is 24.3 Å². The van der Waals surface area contributed by atoms with Gasteiger partial charge in [0.25, 0.3) is 5.56 Å². The van der Waals surface area contributed by atoms with E-state index in [2.05, 4.69) is 47.7 Å². The van der Waals surface area contributed by atoms with E-state index in [0.717, 1.165) is 60.5 Å². The maximum atomic E-state index is 14.3. The lowest BCUT2D eigenvalue weighted by Crippen LogP contribution is -2.45. The normalized spacial score (nSPS) is 18.6. The van der Waals surface area contributed by atoms with Crippen LogP contribution in [0, 0.1) is 20.8 Å². The maximum absolute atomic E-state index is 14.3. The number of rotatable bonds is 6. The van der Waals surface area contributed by atoms with Crippen molar-refractivity contribution in [3.05, 3.63) is 80.8 Å². The number of nitrogens with one attached hydrogen (secondary N) is 1. The van der Waals surface area contributed by atoms with E-state index in [9.17, 15) is 18.4 Å². The zero-order valence-corrected chi connectivity index (χ0v) is 27.1. The number of primary amides is 1. The molecule has 10 heteroatoms. The molecule has 46 heavy (non-hydrogen) atoms.